The fraction of sp³-hybridized carbons (Fsp3) is 0.558. The topological polar surface area (TPSA) is 224 Å². The second-order valence-electron chi connectivity index (χ2n) is 17.6. The summed E-state index contributed by atoms with van der Waals surface area (Å²) in [6, 6.07) is 14.6. The van der Waals surface area contributed by atoms with Crippen molar-refractivity contribution in [2.24, 2.45) is 16.7 Å². The van der Waals surface area contributed by atoms with Crippen molar-refractivity contribution in [3.8, 4) is 0 Å². The van der Waals surface area contributed by atoms with Gasteiger partial charge in [0.1, 0.15) is 35.6 Å². The van der Waals surface area contributed by atoms with E-state index >= 15 is 0 Å². The largest absolute Gasteiger partial charge is 0.456 e. The molecule has 1 amide bonds. The molecule has 58 heavy (non-hydrogen) atoms. The molecule has 1 aliphatic heterocycles. The van der Waals surface area contributed by atoms with Crippen LogP contribution in [0.3, 0.4) is 0 Å². The maximum Gasteiger partial charge on any atom is 0.408 e. The smallest absolute Gasteiger partial charge is 0.408 e. The van der Waals surface area contributed by atoms with Crippen LogP contribution in [0.2, 0.25) is 0 Å². The van der Waals surface area contributed by atoms with Crippen LogP contribution in [0, 0.1) is 16.7 Å². The van der Waals surface area contributed by atoms with Gasteiger partial charge >= 0.3 is 24.0 Å². The summed E-state index contributed by atoms with van der Waals surface area (Å²) in [7, 11) is 0. The Morgan fingerprint density at radius 1 is 0.948 bits per heavy atom. The molecule has 0 unspecified atom stereocenters. The number of ketones is 1. The molecular formula is C43H53NO14. The van der Waals surface area contributed by atoms with E-state index in [1.807, 2.05) is 0 Å². The van der Waals surface area contributed by atoms with E-state index in [1.54, 1.807) is 83.1 Å². The SMILES string of the molecule is CC(=O)O[C@@]12CO[C@@H]1C[C@H](O)[C@@]1(C)C(=O)[C@H](O)C3=C(C)[C@@H](OC(=O)[C@@H](O)[C@H](NC(=O)OC(C)(C)C)c4ccccc4)C[C@](O)([C@@H](OC(=O)c4ccccc4)[C@H]21)C3(C)C. The molecule has 1 heterocycles. The Balaban J connectivity index is 1.49. The first-order chi connectivity index (χ1) is 27.0. The quantitative estimate of drug-likeness (QED) is 0.147. The first-order valence-electron chi connectivity index (χ1n) is 19.3. The average Bonchev–Trinajstić information content (AvgIpc) is 3.14. The van der Waals surface area contributed by atoms with Gasteiger partial charge in [-0.25, -0.2) is 14.4 Å². The molecule has 0 aromatic heterocycles. The number of fused-ring (bicyclic) bond motifs is 5. The molecule has 3 fully saturated rings. The number of carbonyl (C=O) groups is 5. The lowest BCUT2D eigenvalue weighted by atomic mass is 9.44. The van der Waals surface area contributed by atoms with Crippen LogP contribution >= 0.6 is 0 Å². The lowest BCUT2D eigenvalue weighted by Crippen LogP contribution is -2.81. The first kappa shape index (κ1) is 42.9. The van der Waals surface area contributed by atoms with E-state index in [-0.39, 0.29) is 29.7 Å². The molecule has 314 valence electrons. The number of benzene rings is 2. The van der Waals surface area contributed by atoms with E-state index in [2.05, 4.69) is 5.32 Å². The van der Waals surface area contributed by atoms with Gasteiger partial charge in [-0.05, 0) is 63.5 Å². The summed E-state index contributed by atoms with van der Waals surface area (Å²) in [5.41, 5.74) is -8.14. The molecule has 0 radical (unpaired) electrons. The van der Waals surface area contributed by atoms with Crippen molar-refractivity contribution < 1.29 is 68.1 Å². The Bertz CT molecular complexity index is 1980. The van der Waals surface area contributed by atoms with E-state index in [1.165, 1.54) is 26.0 Å². The first-order valence-corrected chi connectivity index (χ1v) is 19.3. The molecule has 15 heteroatoms. The maximum atomic E-state index is 14.9. The van der Waals surface area contributed by atoms with E-state index in [0.717, 1.165) is 6.92 Å². The highest BCUT2D eigenvalue weighted by atomic mass is 16.6. The molecule has 11 atom stereocenters. The molecule has 3 aliphatic carbocycles. The van der Waals surface area contributed by atoms with E-state index < -0.39 is 112 Å². The number of alkyl carbamates (subject to hydrolysis) is 1. The van der Waals surface area contributed by atoms with Gasteiger partial charge in [-0.1, -0.05) is 62.4 Å². The van der Waals surface area contributed by atoms with Gasteiger partial charge in [-0.15, -0.1) is 0 Å². The second-order valence-corrected chi connectivity index (χ2v) is 17.6. The number of amides is 1. The third kappa shape index (κ3) is 7.10. The zero-order chi connectivity index (χ0) is 42.7. The number of aliphatic hydroxyl groups is 4. The number of hydrogen-bond donors (Lipinski definition) is 5. The number of rotatable bonds is 8. The van der Waals surface area contributed by atoms with Crippen molar-refractivity contribution >= 4 is 29.8 Å². The van der Waals surface area contributed by atoms with Crippen LogP contribution in [0.4, 0.5) is 4.79 Å². The Morgan fingerprint density at radius 2 is 1.55 bits per heavy atom. The van der Waals surface area contributed by atoms with Crippen molar-refractivity contribution in [2.45, 2.75) is 128 Å². The predicted octanol–water partition coefficient (Wildman–Crippen LogP) is 3.26. The van der Waals surface area contributed by atoms with Gasteiger partial charge in [0.2, 0.25) is 0 Å². The van der Waals surface area contributed by atoms with Crippen LogP contribution in [0.25, 0.3) is 0 Å². The molecule has 15 nitrogen and oxygen atoms in total. The van der Waals surface area contributed by atoms with Crippen LogP contribution in [0.1, 0.15) is 90.2 Å². The number of esters is 3. The number of Topliss-reactive ketones (excluding diaryl/α,β-unsaturated/α-hetero) is 1. The number of nitrogens with one attached hydrogen (secondary N) is 1. The average molecular weight is 808 g/mol. The summed E-state index contributed by atoms with van der Waals surface area (Å²) >= 11 is 0. The van der Waals surface area contributed by atoms with Crippen LogP contribution in [0.5, 0.6) is 0 Å². The zero-order valence-electron chi connectivity index (χ0n) is 33.9. The molecule has 6 rings (SSSR count). The van der Waals surface area contributed by atoms with Gasteiger partial charge in [-0.3, -0.25) is 9.59 Å². The van der Waals surface area contributed by atoms with Gasteiger partial charge in [0, 0.05) is 25.2 Å². The molecule has 0 spiro atoms. The molecule has 1 saturated heterocycles. The third-order valence-corrected chi connectivity index (χ3v) is 12.6. The van der Waals surface area contributed by atoms with Crippen LogP contribution in [-0.2, 0) is 38.1 Å². The van der Waals surface area contributed by atoms with Crippen molar-refractivity contribution in [3.63, 3.8) is 0 Å². The summed E-state index contributed by atoms with van der Waals surface area (Å²) in [5, 5.41) is 51.6. The van der Waals surface area contributed by atoms with Crippen molar-refractivity contribution in [3.05, 3.63) is 82.9 Å². The minimum atomic E-state index is -2.35. The van der Waals surface area contributed by atoms with Crippen molar-refractivity contribution in [2.75, 3.05) is 6.61 Å². The van der Waals surface area contributed by atoms with Gasteiger partial charge in [0.25, 0.3) is 0 Å². The molecule has 2 aromatic rings. The molecule has 2 bridgehead atoms. The van der Waals surface area contributed by atoms with E-state index in [0.29, 0.717) is 5.56 Å². The minimum Gasteiger partial charge on any atom is -0.456 e. The Hall–Kier alpha value is -4.67. The summed E-state index contributed by atoms with van der Waals surface area (Å²) in [4.78, 5) is 68.9. The normalized spacial score (nSPS) is 33.7. The van der Waals surface area contributed by atoms with Gasteiger partial charge in [0.15, 0.2) is 17.5 Å². The van der Waals surface area contributed by atoms with Gasteiger partial charge in [-0.2, -0.15) is 0 Å². The lowest BCUT2D eigenvalue weighted by molar-refractivity contribution is -0.346. The van der Waals surface area contributed by atoms with Gasteiger partial charge in [0.05, 0.1) is 35.6 Å². The standard InChI is InChI=1S/C43H53NO14/c1-22-26(55-37(51)32(48)30(24-15-11-9-12-16-24)44-38(52)58-39(3,4)5)20-43(53)35(56-36(50)25-17-13-10-14-18-25)33-41(8,34(49)31(47)29(22)40(43,6)7)27(46)19-28-42(33,21-54-28)57-23(2)45/h9-18,26-28,30-33,35,46-48,53H,19-21H2,1-8H3,(H,44,52)/t26-,27-,28+,30+,31+,32-,33-,35-,41+,42-,43-/m0/s1. The minimum absolute atomic E-state index is 0.0637. The Kier molecular flexibility index (Phi) is 11.2. The predicted molar refractivity (Wildman–Crippen MR) is 204 cm³/mol. The van der Waals surface area contributed by atoms with Crippen LogP contribution in [0.15, 0.2) is 71.8 Å². The molecular weight excluding hydrogens is 754 g/mol. The monoisotopic (exact) mass is 807 g/mol. The summed E-state index contributed by atoms with van der Waals surface area (Å²) in [6.45, 7) is 11.8. The molecule has 2 aromatic carbocycles. The second kappa shape index (κ2) is 15.2. The van der Waals surface area contributed by atoms with E-state index in [9.17, 15) is 44.4 Å². The van der Waals surface area contributed by atoms with E-state index in [4.69, 9.17) is 23.7 Å². The summed E-state index contributed by atoms with van der Waals surface area (Å²) in [5.74, 6) is -5.36. The molecule has 4 aliphatic rings. The number of hydrogen-bond acceptors (Lipinski definition) is 14. The fourth-order valence-electron chi connectivity index (χ4n) is 9.56. The highest BCUT2D eigenvalue weighted by Gasteiger charge is 2.78. The molecule has 2 saturated carbocycles. The lowest BCUT2D eigenvalue weighted by Gasteiger charge is -2.67. The highest BCUT2D eigenvalue weighted by Crippen LogP contribution is 2.64. The van der Waals surface area contributed by atoms with Crippen LogP contribution in [-0.4, -0.2) is 110 Å². The molecule has 5 N–H and O–H groups in total. The van der Waals surface area contributed by atoms with Crippen molar-refractivity contribution in [1.82, 2.24) is 5.32 Å². The van der Waals surface area contributed by atoms with Gasteiger partial charge < -0.3 is 49.4 Å². The third-order valence-electron chi connectivity index (χ3n) is 12.6. The Labute approximate surface area is 336 Å². The number of ether oxygens (including phenoxy) is 5. The Morgan fingerprint density at radius 3 is 2.10 bits per heavy atom. The number of aliphatic hydroxyl groups excluding tert-OH is 3. The summed E-state index contributed by atoms with van der Waals surface area (Å²) in [6.07, 6.45) is -11.5. The maximum absolute atomic E-state index is 14.9. The summed E-state index contributed by atoms with van der Waals surface area (Å²) < 4.78 is 29.5. The fourth-order valence-corrected chi connectivity index (χ4v) is 9.56. The highest BCUT2D eigenvalue weighted by molar-refractivity contribution is 5.94. The van der Waals surface area contributed by atoms with Crippen LogP contribution < -0.4 is 5.32 Å². The van der Waals surface area contributed by atoms with Crippen molar-refractivity contribution in [1.29, 1.82) is 0 Å². The number of carbonyl (C=O) groups excluding carboxylic acids is 5. The zero-order valence-corrected chi connectivity index (χ0v) is 33.9.